The van der Waals surface area contributed by atoms with E-state index in [1.54, 1.807) is 0 Å². The summed E-state index contributed by atoms with van der Waals surface area (Å²) >= 11 is 0. The highest BCUT2D eigenvalue weighted by Crippen LogP contribution is 2.26. The van der Waals surface area contributed by atoms with Crippen LogP contribution in [0, 0.1) is 5.41 Å². The van der Waals surface area contributed by atoms with E-state index in [2.05, 4.69) is 27.7 Å². The summed E-state index contributed by atoms with van der Waals surface area (Å²) in [6.07, 6.45) is 0.948. The number of hydrogen-bond acceptors (Lipinski definition) is 3. The molecule has 0 aromatic rings. The molecule has 1 heterocycles. The molecular weight excluding hydrogens is 216 g/mol. The van der Waals surface area contributed by atoms with Gasteiger partial charge in [0.15, 0.2) is 0 Å². The van der Waals surface area contributed by atoms with Gasteiger partial charge in [-0.1, -0.05) is 20.8 Å². The molecule has 2 atom stereocenters. The lowest BCUT2D eigenvalue weighted by atomic mass is 9.92. The van der Waals surface area contributed by atoms with Crippen LogP contribution in [0.1, 0.15) is 34.1 Å². The summed E-state index contributed by atoms with van der Waals surface area (Å²) in [7, 11) is 1.92. The van der Waals surface area contributed by atoms with Crippen LogP contribution < -0.4 is 0 Å². The second kappa shape index (κ2) is 5.36. The van der Waals surface area contributed by atoms with Crippen molar-refractivity contribution < 1.29 is 9.90 Å². The van der Waals surface area contributed by atoms with Gasteiger partial charge in [0.2, 0.25) is 5.91 Å². The maximum Gasteiger partial charge on any atom is 0.242 e. The van der Waals surface area contributed by atoms with Crippen LogP contribution in [-0.4, -0.2) is 59.6 Å². The van der Waals surface area contributed by atoms with E-state index in [0.29, 0.717) is 0 Å². The molecule has 1 rings (SSSR count). The first-order valence-electron chi connectivity index (χ1n) is 6.44. The van der Waals surface area contributed by atoms with Crippen molar-refractivity contribution in [2.75, 3.05) is 26.7 Å². The average Bonchev–Trinajstić information content (AvgIpc) is 2.32. The SMILES string of the molecule is CCC(C)N1CC(C)(C)CN(C)C(CO)C1=O. The summed E-state index contributed by atoms with van der Waals surface area (Å²) < 4.78 is 0. The van der Waals surface area contributed by atoms with Gasteiger partial charge in [-0.05, 0) is 25.8 Å². The minimum absolute atomic E-state index is 0.0647. The van der Waals surface area contributed by atoms with E-state index in [0.717, 1.165) is 19.5 Å². The van der Waals surface area contributed by atoms with Crippen LogP contribution in [-0.2, 0) is 4.79 Å². The first-order chi connectivity index (χ1) is 7.82. The van der Waals surface area contributed by atoms with Gasteiger partial charge in [0, 0.05) is 19.1 Å². The number of carbonyl (C=O) groups excluding carboxylic acids is 1. The minimum atomic E-state index is -0.384. The van der Waals surface area contributed by atoms with Crippen molar-refractivity contribution in [2.24, 2.45) is 5.41 Å². The van der Waals surface area contributed by atoms with Crippen LogP contribution in [0.3, 0.4) is 0 Å². The summed E-state index contributed by atoms with van der Waals surface area (Å²) in [5, 5.41) is 9.41. The zero-order chi connectivity index (χ0) is 13.2. The highest BCUT2D eigenvalue weighted by atomic mass is 16.3. The first-order valence-corrected chi connectivity index (χ1v) is 6.44. The number of carbonyl (C=O) groups is 1. The molecular formula is C13H26N2O2. The molecule has 17 heavy (non-hydrogen) atoms. The number of hydrogen-bond donors (Lipinski definition) is 1. The summed E-state index contributed by atoms with van der Waals surface area (Å²) in [4.78, 5) is 16.3. The molecule has 4 heteroatoms. The van der Waals surface area contributed by atoms with E-state index >= 15 is 0 Å². The lowest BCUT2D eigenvalue weighted by Gasteiger charge is -2.33. The van der Waals surface area contributed by atoms with Gasteiger partial charge in [-0.3, -0.25) is 9.69 Å². The Labute approximate surface area is 105 Å². The van der Waals surface area contributed by atoms with Crippen LogP contribution in [0.2, 0.25) is 0 Å². The maximum absolute atomic E-state index is 12.4. The summed E-state index contributed by atoms with van der Waals surface area (Å²) in [5.41, 5.74) is 0.0672. The van der Waals surface area contributed by atoms with E-state index in [1.165, 1.54) is 0 Å². The Balaban J connectivity index is 3.00. The Morgan fingerprint density at radius 3 is 2.53 bits per heavy atom. The van der Waals surface area contributed by atoms with Gasteiger partial charge in [-0.25, -0.2) is 0 Å². The van der Waals surface area contributed by atoms with Gasteiger partial charge in [0.1, 0.15) is 6.04 Å². The third kappa shape index (κ3) is 3.19. The molecule has 100 valence electrons. The van der Waals surface area contributed by atoms with Crippen molar-refractivity contribution in [1.82, 2.24) is 9.80 Å². The molecule has 1 fully saturated rings. The number of aliphatic hydroxyl groups is 1. The van der Waals surface area contributed by atoms with Crippen molar-refractivity contribution >= 4 is 5.91 Å². The van der Waals surface area contributed by atoms with Crippen molar-refractivity contribution in [2.45, 2.75) is 46.2 Å². The smallest absolute Gasteiger partial charge is 0.242 e. The molecule has 1 N–H and O–H groups in total. The van der Waals surface area contributed by atoms with Crippen LogP contribution in [0.4, 0.5) is 0 Å². The molecule has 2 unspecified atom stereocenters. The number of likely N-dealkylation sites (N-methyl/N-ethyl adjacent to an activating group) is 1. The number of nitrogens with zero attached hydrogens (tertiary/aromatic N) is 2. The average molecular weight is 242 g/mol. The highest BCUT2D eigenvalue weighted by molar-refractivity contribution is 5.82. The Morgan fingerprint density at radius 1 is 1.47 bits per heavy atom. The van der Waals surface area contributed by atoms with E-state index < -0.39 is 0 Å². The zero-order valence-electron chi connectivity index (χ0n) is 11.7. The predicted octanol–water partition coefficient (Wildman–Crippen LogP) is 0.946. The Bertz CT molecular complexity index is 279. The molecule has 1 amide bonds. The standard InChI is InChI=1S/C13H26N2O2/c1-6-10(2)15-9-13(3,4)8-14(5)11(7-16)12(15)17/h10-11,16H,6-9H2,1-5H3. The van der Waals surface area contributed by atoms with Crippen molar-refractivity contribution in [3.05, 3.63) is 0 Å². The van der Waals surface area contributed by atoms with Gasteiger partial charge >= 0.3 is 0 Å². The molecule has 0 bridgehead atoms. The van der Waals surface area contributed by atoms with Crippen LogP contribution in [0.25, 0.3) is 0 Å². The van der Waals surface area contributed by atoms with E-state index in [4.69, 9.17) is 0 Å². The van der Waals surface area contributed by atoms with Gasteiger partial charge in [0.25, 0.3) is 0 Å². The fraction of sp³-hybridized carbons (Fsp3) is 0.923. The zero-order valence-corrected chi connectivity index (χ0v) is 11.7. The van der Waals surface area contributed by atoms with Crippen LogP contribution in [0.15, 0.2) is 0 Å². The van der Waals surface area contributed by atoms with E-state index in [9.17, 15) is 9.90 Å². The quantitative estimate of drug-likeness (QED) is 0.801. The molecule has 1 aliphatic rings. The van der Waals surface area contributed by atoms with Crippen LogP contribution >= 0.6 is 0 Å². The number of amides is 1. The van der Waals surface area contributed by atoms with Gasteiger partial charge in [-0.15, -0.1) is 0 Å². The topological polar surface area (TPSA) is 43.8 Å². The second-order valence-electron chi connectivity index (χ2n) is 6.00. The number of aliphatic hydroxyl groups excluding tert-OH is 1. The van der Waals surface area contributed by atoms with Gasteiger partial charge in [-0.2, -0.15) is 0 Å². The molecule has 0 radical (unpaired) electrons. The molecule has 0 spiro atoms. The molecule has 0 aromatic carbocycles. The van der Waals surface area contributed by atoms with Crippen molar-refractivity contribution in [3.63, 3.8) is 0 Å². The predicted molar refractivity (Wildman–Crippen MR) is 68.8 cm³/mol. The van der Waals surface area contributed by atoms with E-state index in [1.807, 2.05) is 16.8 Å². The lowest BCUT2D eigenvalue weighted by molar-refractivity contribution is -0.138. The largest absolute Gasteiger partial charge is 0.394 e. The fourth-order valence-electron chi connectivity index (χ4n) is 2.57. The monoisotopic (exact) mass is 242 g/mol. The molecule has 0 aromatic heterocycles. The number of rotatable bonds is 3. The first kappa shape index (κ1) is 14.5. The molecule has 0 saturated carbocycles. The third-order valence-corrected chi connectivity index (χ3v) is 3.67. The van der Waals surface area contributed by atoms with Crippen molar-refractivity contribution in [3.8, 4) is 0 Å². The minimum Gasteiger partial charge on any atom is -0.394 e. The maximum atomic E-state index is 12.4. The molecule has 0 aliphatic carbocycles. The highest BCUT2D eigenvalue weighted by Gasteiger charge is 2.38. The normalized spacial score (nSPS) is 28.0. The molecule has 1 aliphatic heterocycles. The second-order valence-corrected chi connectivity index (χ2v) is 6.00. The Kier molecular flexibility index (Phi) is 4.55. The summed E-state index contributed by atoms with van der Waals surface area (Å²) in [5.74, 6) is 0.0647. The third-order valence-electron chi connectivity index (χ3n) is 3.67. The van der Waals surface area contributed by atoms with Crippen molar-refractivity contribution in [1.29, 1.82) is 0 Å². The summed E-state index contributed by atoms with van der Waals surface area (Å²) in [6.45, 7) is 10.0. The molecule has 4 nitrogen and oxygen atoms in total. The lowest BCUT2D eigenvalue weighted by Crippen LogP contribution is -2.49. The Hall–Kier alpha value is -0.610. The van der Waals surface area contributed by atoms with E-state index in [-0.39, 0.29) is 30.0 Å². The van der Waals surface area contributed by atoms with Gasteiger partial charge in [0.05, 0.1) is 6.61 Å². The summed E-state index contributed by atoms with van der Waals surface area (Å²) in [6, 6.07) is -0.145. The van der Waals surface area contributed by atoms with Crippen LogP contribution in [0.5, 0.6) is 0 Å². The molecule has 1 saturated heterocycles. The Morgan fingerprint density at radius 2 is 2.06 bits per heavy atom. The van der Waals surface area contributed by atoms with Gasteiger partial charge < -0.3 is 10.0 Å². The fourth-order valence-corrected chi connectivity index (χ4v) is 2.57.